The highest BCUT2D eigenvalue weighted by molar-refractivity contribution is 5.83. The topological polar surface area (TPSA) is 43.1 Å². The Morgan fingerprint density at radius 2 is 1.89 bits per heavy atom. The van der Waals surface area contributed by atoms with Crippen molar-refractivity contribution in [3.05, 3.63) is 23.8 Å². The molecule has 1 heterocycles. The lowest BCUT2D eigenvalue weighted by atomic mass is 10.1. The number of halogens is 3. The van der Waals surface area contributed by atoms with Crippen LogP contribution in [0.25, 0.3) is 0 Å². The number of hydrogen-bond donors (Lipinski definition) is 0. The Morgan fingerprint density at radius 1 is 1.33 bits per heavy atom. The van der Waals surface area contributed by atoms with Crippen LogP contribution in [-0.2, 0) is 16.5 Å². The van der Waals surface area contributed by atoms with Gasteiger partial charge in [0.05, 0.1) is 13.3 Å². The van der Waals surface area contributed by atoms with Crippen molar-refractivity contribution in [3.8, 4) is 0 Å². The first-order chi connectivity index (χ1) is 8.07. The molecule has 0 radical (unpaired) electrons. The van der Waals surface area contributed by atoms with Gasteiger partial charge in [0.25, 0.3) is 5.69 Å². The lowest BCUT2D eigenvalue weighted by molar-refractivity contribution is -0.758. The van der Waals surface area contributed by atoms with Gasteiger partial charge < -0.3 is 4.74 Å². The number of carbonyl (C=O) groups excluding carboxylic acids is 1. The van der Waals surface area contributed by atoms with Crippen molar-refractivity contribution in [1.29, 1.82) is 0 Å². The fourth-order valence-corrected chi connectivity index (χ4v) is 1.36. The van der Waals surface area contributed by atoms with Gasteiger partial charge in [0, 0.05) is 6.07 Å². The molecule has 1 rings (SSSR count). The minimum Gasteiger partial charge on any atom is -0.460 e. The summed E-state index contributed by atoms with van der Waals surface area (Å²) < 4.78 is 43.4. The van der Waals surface area contributed by atoms with Gasteiger partial charge in [0.15, 0.2) is 0 Å². The summed E-state index contributed by atoms with van der Waals surface area (Å²) in [5.74, 6) is -1.28. The van der Waals surface area contributed by atoms with Gasteiger partial charge in [-0.15, -0.1) is 0 Å². The Bertz CT molecular complexity index is 464. The molecule has 0 aliphatic heterocycles. The van der Waals surface area contributed by atoms with Crippen molar-refractivity contribution in [2.75, 3.05) is 7.11 Å². The molecule has 1 aromatic rings. The first-order valence-corrected chi connectivity index (χ1v) is 5.16. The van der Waals surface area contributed by atoms with E-state index < -0.39 is 23.4 Å². The molecule has 0 spiro atoms. The fourth-order valence-electron chi connectivity index (χ4n) is 1.36. The lowest BCUT2D eigenvalue weighted by Gasteiger charge is -2.18. The molecule has 0 fully saturated rings. The molecule has 0 N–H and O–H groups in total. The van der Waals surface area contributed by atoms with Crippen LogP contribution in [0, 0.1) is 0 Å². The van der Waals surface area contributed by atoms with E-state index in [9.17, 15) is 18.0 Å². The zero-order chi connectivity index (χ0) is 14.1. The SMILES string of the molecule is COC(=O)c1nc(C(F)(F)F)cc[n+]1C(C)(C)C. The van der Waals surface area contributed by atoms with Crippen LogP contribution in [-0.4, -0.2) is 18.1 Å². The summed E-state index contributed by atoms with van der Waals surface area (Å²) in [6.45, 7) is 5.23. The minimum absolute atomic E-state index is 0.375. The Labute approximate surface area is 102 Å². The molecule has 0 amide bonds. The number of ether oxygens (including phenoxy) is 1. The molecule has 0 bridgehead atoms. The normalized spacial score (nSPS) is 12.4. The molecule has 4 nitrogen and oxygen atoms in total. The quantitative estimate of drug-likeness (QED) is 0.574. The fraction of sp³-hybridized carbons (Fsp3) is 0.545. The summed E-state index contributed by atoms with van der Waals surface area (Å²) in [6, 6.07) is 0.831. The summed E-state index contributed by atoms with van der Waals surface area (Å²) in [4.78, 5) is 14.8. The summed E-state index contributed by atoms with van der Waals surface area (Å²) in [5.41, 5.74) is -1.70. The molecule has 0 saturated carbocycles. The second kappa shape index (κ2) is 4.55. The van der Waals surface area contributed by atoms with E-state index in [4.69, 9.17) is 0 Å². The predicted octanol–water partition coefficient (Wildman–Crippen LogP) is 1.93. The number of esters is 1. The molecular weight excluding hydrogens is 249 g/mol. The van der Waals surface area contributed by atoms with Crippen LogP contribution in [0.4, 0.5) is 13.2 Å². The highest BCUT2D eigenvalue weighted by Gasteiger charge is 2.41. The number of nitrogens with zero attached hydrogens (tertiary/aromatic N) is 2. The average molecular weight is 263 g/mol. The second-order valence-electron chi connectivity index (χ2n) is 4.67. The molecule has 0 aromatic carbocycles. The van der Waals surface area contributed by atoms with Gasteiger partial charge >= 0.3 is 18.0 Å². The smallest absolute Gasteiger partial charge is 0.458 e. The van der Waals surface area contributed by atoms with Crippen molar-refractivity contribution < 1.29 is 27.3 Å². The van der Waals surface area contributed by atoms with Gasteiger partial charge in [-0.05, 0) is 25.8 Å². The molecule has 18 heavy (non-hydrogen) atoms. The second-order valence-corrected chi connectivity index (χ2v) is 4.67. The molecule has 7 heteroatoms. The molecule has 1 aromatic heterocycles. The van der Waals surface area contributed by atoms with Crippen LogP contribution in [0.2, 0.25) is 0 Å². The summed E-state index contributed by atoms with van der Waals surface area (Å²) in [6.07, 6.45) is -3.41. The van der Waals surface area contributed by atoms with E-state index in [1.54, 1.807) is 20.8 Å². The molecule has 100 valence electrons. The molecule has 0 aliphatic carbocycles. The van der Waals surface area contributed by atoms with E-state index in [2.05, 4.69) is 9.72 Å². The maximum atomic E-state index is 12.5. The Balaban J connectivity index is 3.44. The van der Waals surface area contributed by atoms with Crippen LogP contribution in [0.1, 0.15) is 37.1 Å². The Kier molecular flexibility index (Phi) is 3.64. The number of alkyl halides is 3. The van der Waals surface area contributed by atoms with Crippen LogP contribution >= 0.6 is 0 Å². The number of rotatable bonds is 1. The standard InChI is InChI=1S/C11H14F3N2O2/c1-10(2,3)16-6-5-7(11(12,13)14)15-8(16)9(17)18-4/h5-6H,1-4H3/q+1. The van der Waals surface area contributed by atoms with E-state index in [1.165, 1.54) is 10.8 Å². The van der Waals surface area contributed by atoms with Gasteiger partial charge in [-0.25, -0.2) is 9.36 Å². The summed E-state index contributed by atoms with van der Waals surface area (Å²) >= 11 is 0. The average Bonchev–Trinajstić information content (AvgIpc) is 2.24. The van der Waals surface area contributed by atoms with Gasteiger partial charge in [0.1, 0.15) is 5.54 Å². The predicted molar refractivity (Wildman–Crippen MR) is 55.8 cm³/mol. The molecule has 0 aliphatic rings. The monoisotopic (exact) mass is 263 g/mol. The zero-order valence-corrected chi connectivity index (χ0v) is 10.5. The molecule has 0 saturated heterocycles. The van der Waals surface area contributed by atoms with E-state index in [-0.39, 0.29) is 5.82 Å². The van der Waals surface area contributed by atoms with E-state index >= 15 is 0 Å². The van der Waals surface area contributed by atoms with Gasteiger partial charge in [0.2, 0.25) is 0 Å². The lowest BCUT2D eigenvalue weighted by Crippen LogP contribution is -2.55. The van der Waals surface area contributed by atoms with Gasteiger partial charge in [-0.1, -0.05) is 0 Å². The van der Waals surface area contributed by atoms with Crippen LogP contribution in [0.3, 0.4) is 0 Å². The Hall–Kier alpha value is -1.66. The molecule has 0 unspecified atom stereocenters. The van der Waals surface area contributed by atoms with Crippen molar-refractivity contribution in [2.45, 2.75) is 32.5 Å². The first kappa shape index (κ1) is 14.4. The van der Waals surface area contributed by atoms with Crippen molar-refractivity contribution >= 4 is 5.97 Å². The van der Waals surface area contributed by atoms with E-state index in [0.717, 1.165) is 13.2 Å². The van der Waals surface area contributed by atoms with Crippen LogP contribution < -0.4 is 4.57 Å². The number of methoxy groups -OCH3 is 1. The maximum Gasteiger partial charge on any atom is 0.458 e. The number of hydrogen-bond acceptors (Lipinski definition) is 3. The third-order valence-electron chi connectivity index (χ3n) is 2.22. The van der Waals surface area contributed by atoms with Gasteiger partial charge in [-0.2, -0.15) is 13.2 Å². The summed E-state index contributed by atoms with van der Waals surface area (Å²) in [7, 11) is 1.09. The molecular formula is C11H14F3N2O2+. The maximum absolute atomic E-state index is 12.5. The van der Waals surface area contributed by atoms with Crippen molar-refractivity contribution in [1.82, 2.24) is 4.98 Å². The largest absolute Gasteiger partial charge is 0.460 e. The summed E-state index contributed by atoms with van der Waals surface area (Å²) in [5, 5.41) is 0. The van der Waals surface area contributed by atoms with Crippen LogP contribution in [0.15, 0.2) is 12.3 Å². The first-order valence-electron chi connectivity index (χ1n) is 5.16. The minimum atomic E-state index is -4.60. The zero-order valence-electron chi connectivity index (χ0n) is 10.5. The van der Waals surface area contributed by atoms with E-state index in [1.807, 2.05) is 0 Å². The number of carbonyl (C=O) groups is 1. The third kappa shape index (κ3) is 2.96. The van der Waals surface area contributed by atoms with Crippen molar-refractivity contribution in [3.63, 3.8) is 0 Å². The third-order valence-corrected chi connectivity index (χ3v) is 2.22. The highest BCUT2D eigenvalue weighted by Crippen LogP contribution is 2.27. The van der Waals surface area contributed by atoms with Crippen LogP contribution in [0.5, 0.6) is 0 Å². The van der Waals surface area contributed by atoms with E-state index in [0.29, 0.717) is 0 Å². The van der Waals surface area contributed by atoms with Gasteiger partial charge in [-0.3, -0.25) is 0 Å². The highest BCUT2D eigenvalue weighted by atomic mass is 19.4. The Morgan fingerprint density at radius 3 is 2.28 bits per heavy atom. The number of aromatic nitrogens is 2. The van der Waals surface area contributed by atoms with Crippen molar-refractivity contribution in [2.24, 2.45) is 0 Å². The molecule has 0 atom stereocenters.